The number of fused-ring (bicyclic) bond motifs is 1. The molecule has 0 aromatic heterocycles. The van der Waals surface area contributed by atoms with Crippen LogP contribution in [0, 0.1) is 0 Å². The van der Waals surface area contributed by atoms with Crippen molar-refractivity contribution >= 4 is 68.9 Å². The molecule has 0 aliphatic carbocycles. The zero-order valence-electron chi connectivity index (χ0n) is 13.4. The lowest BCUT2D eigenvalue weighted by Crippen LogP contribution is -2.35. The third-order valence-electron chi connectivity index (χ3n) is 4.01. The average molecular weight is 402 g/mol. The second-order valence-electron chi connectivity index (χ2n) is 5.80. The van der Waals surface area contributed by atoms with Crippen molar-refractivity contribution in [2.24, 2.45) is 0 Å². The van der Waals surface area contributed by atoms with Crippen LogP contribution in [0.4, 0.5) is 11.4 Å². The number of Topliss-reactive ketones (excluding diaryl/α,β-unsaturated/α-hetero) is 1. The molecule has 1 fully saturated rings. The minimum absolute atomic E-state index is 0.0274. The van der Waals surface area contributed by atoms with Crippen molar-refractivity contribution in [1.82, 2.24) is 0 Å². The van der Waals surface area contributed by atoms with E-state index in [1.165, 1.54) is 11.8 Å². The molecule has 2 heterocycles. The largest absolute Gasteiger partial charge is 0.482 e. The van der Waals surface area contributed by atoms with E-state index in [0.29, 0.717) is 37.7 Å². The zero-order chi connectivity index (χ0) is 18.3. The summed E-state index contributed by atoms with van der Waals surface area (Å²) in [5.41, 5.74) is 2.15. The number of ether oxygens (including phenoxy) is 1. The van der Waals surface area contributed by atoms with Gasteiger partial charge in [0.2, 0.25) is 0 Å². The van der Waals surface area contributed by atoms with E-state index in [9.17, 15) is 9.59 Å². The van der Waals surface area contributed by atoms with E-state index < -0.39 is 0 Å². The van der Waals surface area contributed by atoms with Gasteiger partial charge in [0.05, 0.1) is 21.2 Å². The topological polar surface area (TPSA) is 46.6 Å². The summed E-state index contributed by atoms with van der Waals surface area (Å²) in [6.45, 7) is -0.0291. The fourth-order valence-electron chi connectivity index (χ4n) is 2.83. The Labute approximate surface area is 164 Å². The van der Waals surface area contributed by atoms with E-state index in [0.717, 1.165) is 5.56 Å². The summed E-state index contributed by atoms with van der Waals surface area (Å²) in [6.07, 6.45) is 2.10. The number of nitrogens with zero attached hydrogens (tertiary/aromatic N) is 1. The smallest absolute Gasteiger partial charge is 0.269 e. The molecule has 2 aromatic rings. The van der Waals surface area contributed by atoms with Crippen LogP contribution in [0.2, 0.25) is 5.02 Å². The van der Waals surface area contributed by atoms with E-state index in [1.54, 1.807) is 41.3 Å². The molecule has 7 heteroatoms. The predicted octanol–water partition coefficient (Wildman–Crippen LogP) is 4.77. The standard InChI is InChI=1S/C19H12ClNO3S2/c20-12-2-4-13(5-3-12)21-14-7-11(1-6-16(14)24-10-18(21)23)8-17-15(22)9-19(25)26-17/h1-8H,9-10H2. The maximum Gasteiger partial charge on any atom is 0.269 e. The van der Waals surface area contributed by atoms with Gasteiger partial charge in [-0.1, -0.05) is 41.6 Å². The Balaban J connectivity index is 1.76. The number of ketones is 1. The summed E-state index contributed by atoms with van der Waals surface area (Å²) in [5.74, 6) is 0.472. The van der Waals surface area contributed by atoms with Gasteiger partial charge in [-0.15, -0.1) is 0 Å². The van der Waals surface area contributed by atoms with Gasteiger partial charge in [0.15, 0.2) is 12.4 Å². The normalized spacial score (nSPS) is 18.3. The van der Waals surface area contributed by atoms with Crippen LogP contribution in [-0.2, 0) is 9.59 Å². The molecule has 4 nitrogen and oxygen atoms in total. The molecule has 0 spiro atoms. The second-order valence-corrected chi connectivity index (χ2v) is 8.13. The zero-order valence-corrected chi connectivity index (χ0v) is 15.8. The number of thioether (sulfide) groups is 1. The van der Waals surface area contributed by atoms with Gasteiger partial charge >= 0.3 is 0 Å². The van der Waals surface area contributed by atoms with Crippen molar-refractivity contribution in [3.63, 3.8) is 0 Å². The van der Waals surface area contributed by atoms with E-state index in [-0.39, 0.29) is 18.3 Å². The number of hydrogen-bond acceptors (Lipinski definition) is 5. The predicted molar refractivity (Wildman–Crippen MR) is 108 cm³/mol. The number of thiocarbonyl (C=S) groups is 1. The molecule has 0 bridgehead atoms. The van der Waals surface area contributed by atoms with Crippen molar-refractivity contribution < 1.29 is 14.3 Å². The van der Waals surface area contributed by atoms with Crippen LogP contribution in [0.1, 0.15) is 12.0 Å². The molecule has 0 N–H and O–H groups in total. The SMILES string of the molecule is O=C1CC(=S)SC1=Cc1ccc2c(c1)N(c1ccc(Cl)cc1)C(=O)CO2. The summed E-state index contributed by atoms with van der Waals surface area (Å²) in [5, 5.41) is 0.598. The Hall–Kier alpha value is -2.15. The third-order valence-corrected chi connectivity index (χ3v) is 5.59. The number of halogens is 1. The molecule has 2 aromatic carbocycles. The van der Waals surface area contributed by atoms with E-state index in [4.69, 9.17) is 28.6 Å². The molecular formula is C19H12ClNO3S2. The van der Waals surface area contributed by atoms with E-state index in [1.807, 2.05) is 12.1 Å². The minimum Gasteiger partial charge on any atom is -0.482 e. The first-order valence-corrected chi connectivity index (χ1v) is 9.42. The fourth-order valence-corrected chi connectivity index (χ4v) is 4.18. The molecule has 0 atom stereocenters. The fraction of sp³-hybridized carbons (Fsp3) is 0.105. The van der Waals surface area contributed by atoms with Crippen LogP contribution < -0.4 is 9.64 Å². The van der Waals surface area contributed by atoms with Crippen molar-refractivity contribution in [3.8, 4) is 5.75 Å². The van der Waals surface area contributed by atoms with Crippen molar-refractivity contribution in [2.45, 2.75) is 6.42 Å². The molecule has 2 aliphatic rings. The Morgan fingerprint density at radius 1 is 1.15 bits per heavy atom. The lowest BCUT2D eigenvalue weighted by Gasteiger charge is -2.29. The van der Waals surface area contributed by atoms with Gasteiger partial charge in [-0.3, -0.25) is 14.5 Å². The Morgan fingerprint density at radius 3 is 2.62 bits per heavy atom. The van der Waals surface area contributed by atoms with Crippen LogP contribution in [0.5, 0.6) is 5.75 Å². The van der Waals surface area contributed by atoms with Crippen molar-refractivity contribution in [1.29, 1.82) is 0 Å². The highest BCUT2D eigenvalue weighted by atomic mass is 35.5. The Morgan fingerprint density at radius 2 is 1.92 bits per heavy atom. The highest BCUT2D eigenvalue weighted by Crippen LogP contribution is 2.39. The number of allylic oxidation sites excluding steroid dienone is 1. The van der Waals surface area contributed by atoms with Crippen molar-refractivity contribution in [3.05, 3.63) is 58.0 Å². The molecule has 0 unspecified atom stereocenters. The van der Waals surface area contributed by atoms with Crippen LogP contribution >= 0.6 is 35.6 Å². The van der Waals surface area contributed by atoms with E-state index in [2.05, 4.69) is 0 Å². The first-order valence-electron chi connectivity index (χ1n) is 7.82. The Bertz CT molecular complexity index is 969. The quantitative estimate of drug-likeness (QED) is 0.535. The monoisotopic (exact) mass is 401 g/mol. The lowest BCUT2D eigenvalue weighted by atomic mass is 10.1. The van der Waals surface area contributed by atoms with E-state index >= 15 is 0 Å². The first kappa shape index (κ1) is 17.3. The van der Waals surface area contributed by atoms with Crippen LogP contribution in [0.3, 0.4) is 0 Å². The summed E-state index contributed by atoms with van der Waals surface area (Å²) in [6, 6.07) is 12.5. The number of carbonyl (C=O) groups excluding carboxylic acids is 2. The van der Waals surface area contributed by atoms with Gasteiger partial charge in [0.1, 0.15) is 5.75 Å². The van der Waals surface area contributed by atoms with Gasteiger partial charge in [-0.2, -0.15) is 0 Å². The molecule has 0 saturated carbocycles. The van der Waals surface area contributed by atoms with Gasteiger partial charge in [-0.05, 0) is 48.0 Å². The molecule has 1 saturated heterocycles. The number of amides is 1. The maximum absolute atomic E-state index is 12.5. The highest BCUT2D eigenvalue weighted by molar-refractivity contribution is 8.27. The van der Waals surface area contributed by atoms with Gasteiger partial charge < -0.3 is 4.74 Å². The Kier molecular flexibility index (Phi) is 4.56. The molecule has 4 rings (SSSR count). The summed E-state index contributed by atoms with van der Waals surface area (Å²) < 4.78 is 6.22. The summed E-state index contributed by atoms with van der Waals surface area (Å²) >= 11 is 12.4. The van der Waals surface area contributed by atoms with Gasteiger partial charge in [0.25, 0.3) is 5.91 Å². The molecule has 26 heavy (non-hydrogen) atoms. The minimum atomic E-state index is -0.169. The molecule has 130 valence electrons. The highest BCUT2D eigenvalue weighted by Gasteiger charge is 2.28. The third kappa shape index (κ3) is 3.28. The number of rotatable bonds is 2. The van der Waals surface area contributed by atoms with Crippen LogP contribution in [0.15, 0.2) is 47.4 Å². The number of anilines is 2. The summed E-state index contributed by atoms with van der Waals surface area (Å²) in [7, 11) is 0. The molecule has 1 amide bonds. The molecule has 0 radical (unpaired) electrons. The average Bonchev–Trinajstić information content (AvgIpc) is 2.93. The molecular weight excluding hydrogens is 390 g/mol. The molecule has 2 aliphatic heterocycles. The van der Waals surface area contributed by atoms with Crippen molar-refractivity contribution in [2.75, 3.05) is 11.5 Å². The van der Waals surface area contributed by atoms with Crippen LogP contribution in [0.25, 0.3) is 6.08 Å². The maximum atomic E-state index is 12.5. The second kappa shape index (κ2) is 6.87. The summed E-state index contributed by atoms with van der Waals surface area (Å²) in [4.78, 5) is 26.7. The number of benzene rings is 2. The lowest BCUT2D eigenvalue weighted by molar-refractivity contribution is -0.120. The number of hydrogen-bond donors (Lipinski definition) is 0. The van der Waals surface area contributed by atoms with Crippen LogP contribution in [-0.4, -0.2) is 22.5 Å². The van der Waals surface area contributed by atoms with Gasteiger partial charge in [-0.25, -0.2) is 0 Å². The first-order chi connectivity index (χ1) is 12.5. The number of carbonyl (C=O) groups is 2. The van der Waals surface area contributed by atoms with Gasteiger partial charge in [0, 0.05) is 10.7 Å².